The lowest BCUT2D eigenvalue weighted by molar-refractivity contribution is -0.139. The van der Waals surface area contributed by atoms with Crippen molar-refractivity contribution in [2.45, 2.75) is 89.6 Å². The highest BCUT2D eigenvalue weighted by Crippen LogP contribution is 2.11. The number of carbonyl (C=O) groups excluding carboxylic acids is 2. The number of carboxylic acid groups (broad SMARTS) is 1. The van der Waals surface area contributed by atoms with Crippen molar-refractivity contribution < 1.29 is 19.5 Å². The Labute approximate surface area is 139 Å². The first-order chi connectivity index (χ1) is 10.9. The first-order valence-electron chi connectivity index (χ1n) is 8.66. The summed E-state index contributed by atoms with van der Waals surface area (Å²) >= 11 is 0. The van der Waals surface area contributed by atoms with Gasteiger partial charge in [0.05, 0.1) is 18.5 Å². The molecule has 2 unspecified atom stereocenters. The van der Waals surface area contributed by atoms with Crippen LogP contribution in [0.5, 0.6) is 0 Å². The van der Waals surface area contributed by atoms with Gasteiger partial charge in [0.25, 0.3) is 0 Å². The molecule has 0 radical (unpaired) electrons. The number of aliphatic carboxylic acids is 1. The molecule has 0 aliphatic rings. The lowest BCUT2D eigenvalue weighted by Gasteiger charge is -2.13. The van der Waals surface area contributed by atoms with E-state index < -0.39 is 30.3 Å². The predicted octanol–water partition coefficient (Wildman–Crippen LogP) is 2.17. The average Bonchev–Trinajstić information content (AvgIpc) is 2.48. The van der Waals surface area contributed by atoms with Gasteiger partial charge in [0.2, 0.25) is 0 Å². The number of Topliss-reactive ketones (excluding diaryl/α,β-unsaturated/α-hetero) is 2. The summed E-state index contributed by atoms with van der Waals surface area (Å²) in [5.74, 6) is -1.75. The SMILES string of the molecule is CCCCCCCCCCC(=O)C(N)CC(=O)C(N)CC(=O)O. The van der Waals surface area contributed by atoms with Crippen LogP contribution in [0.2, 0.25) is 0 Å². The first-order valence-corrected chi connectivity index (χ1v) is 8.66. The van der Waals surface area contributed by atoms with Crippen molar-refractivity contribution in [2.75, 3.05) is 0 Å². The highest BCUT2D eigenvalue weighted by Gasteiger charge is 2.22. The topological polar surface area (TPSA) is 123 Å². The molecule has 6 nitrogen and oxygen atoms in total. The van der Waals surface area contributed by atoms with Crippen LogP contribution in [0.25, 0.3) is 0 Å². The Kier molecular flexibility index (Phi) is 12.5. The van der Waals surface area contributed by atoms with Crippen LogP contribution < -0.4 is 11.5 Å². The zero-order valence-electron chi connectivity index (χ0n) is 14.3. The smallest absolute Gasteiger partial charge is 0.305 e. The Bertz CT molecular complexity index is 372. The number of unbranched alkanes of at least 4 members (excludes halogenated alkanes) is 7. The molecule has 0 bridgehead atoms. The molecule has 134 valence electrons. The summed E-state index contributed by atoms with van der Waals surface area (Å²) in [6, 6.07) is -1.96. The Morgan fingerprint density at radius 3 is 1.78 bits per heavy atom. The zero-order valence-corrected chi connectivity index (χ0v) is 14.3. The number of ketones is 2. The van der Waals surface area contributed by atoms with Crippen molar-refractivity contribution in [3.8, 4) is 0 Å². The number of hydrogen-bond acceptors (Lipinski definition) is 5. The van der Waals surface area contributed by atoms with Crippen LogP contribution in [0, 0.1) is 0 Å². The Hall–Kier alpha value is -1.27. The van der Waals surface area contributed by atoms with E-state index in [4.69, 9.17) is 16.6 Å². The van der Waals surface area contributed by atoms with E-state index >= 15 is 0 Å². The van der Waals surface area contributed by atoms with E-state index in [1.807, 2.05) is 0 Å². The molecule has 6 heteroatoms. The molecule has 0 amide bonds. The molecule has 0 saturated carbocycles. The molecule has 5 N–H and O–H groups in total. The Morgan fingerprint density at radius 2 is 1.26 bits per heavy atom. The van der Waals surface area contributed by atoms with E-state index in [1.54, 1.807) is 0 Å². The van der Waals surface area contributed by atoms with Crippen LogP contribution in [0.4, 0.5) is 0 Å². The minimum absolute atomic E-state index is 0.146. The van der Waals surface area contributed by atoms with Gasteiger partial charge in [0, 0.05) is 12.8 Å². The molecule has 0 aliphatic heterocycles. The molecule has 0 fully saturated rings. The number of carboxylic acids is 1. The summed E-state index contributed by atoms with van der Waals surface area (Å²) in [7, 11) is 0. The van der Waals surface area contributed by atoms with Crippen LogP contribution in [0.3, 0.4) is 0 Å². The van der Waals surface area contributed by atoms with E-state index in [0.717, 1.165) is 19.3 Å². The average molecular weight is 328 g/mol. The quantitative estimate of drug-likeness (QED) is 0.396. The molecule has 0 rings (SSSR count). The summed E-state index contributed by atoms with van der Waals surface area (Å²) in [6.45, 7) is 2.19. The number of carbonyl (C=O) groups is 3. The molecule has 0 aromatic carbocycles. The van der Waals surface area contributed by atoms with Crippen molar-refractivity contribution in [3.63, 3.8) is 0 Å². The minimum atomic E-state index is -1.13. The second-order valence-corrected chi connectivity index (χ2v) is 6.17. The van der Waals surface area contributed by atoms with Crippen molar-refractivity contribution in [2.24, 2.45) is 11.5 Å². The summed E-state index contributed by atoms with van der Waals surface area (Å²) in [5.41, 5.74) is 11.2. The summed E-state index contributed by atoms with van der Waals surface area (Å²) < 4.78 is 0. The number of nitrogens with two attached hydrogens (primary N) is 2. The molecule has 0 spiro atoms. The van der Waals surface area contributed by atoms with E-state index in [0.29, 0.717) is 6.42 Å². The lowest BCUT2D eigenvalue weighted by Crippen LogP contribution is -2.40. The molecular weight excluding hydrogens is 296 g/mol. The third-order valence-electron chi connectivity index (χ3n) is 3.92. The van der Waals surface area contributed by atoms with Gasteiger partial charge in [-0.2, -0.15) is 0 Å². The van der Waals surface area contributed by atoms with Gasteiger partial charge in [0.1, 0.15) is 5.78 Å². The van der Waals surface area contributed by atoms with Gasteiger partial charge in [-0.1, -0.05) is 51.9 Å². The van der Waals surface area contributed by atoms with Crippen molar-refractivity contribution in [3.05, 3.63) is 0 Å². The van der Waals surface area contributed by atoms with Gasteiger partial charge in [-0.25, -0.2) is 0 Å². The van der Waals surface area contributed by atoms with Gasteiger partial charge in [-0.3, -0.25) is 14.4 Å². The molecule has 0 aromatic rings. The van der Waals surface area contributed by atoms with E-state index in [9.17, 15) is 14.4 Å². The highest BCUT2D eigenvalue weighted by atomic mass is 16.4. The van der Waals surface area contributed by atoms with Crippen molar-refractivity contribution in [1.82, 2.24) is 0 Å². The van der Waals surface area contributed by atoms with Gasteiger partial charge in [0.15, 0.2) is 5.78 Å². The van der Waals surface area contributed by atoms with Crippen LogP contribution >= 0.6 is 0 Å². The molecule has 23 heavy (non-hydrogen) atoms. The second-order valence-electron chi connectivity index (χ2n) is 6.17. The van der Waals surface area contributed by atoms with E-state index in [1.165, 1.54) is 32.1 Å². The number of hydrogen-bond donors (Lipinski definition) is 3. The molecule has 0 saturated heterocycles. The lowest BCUT2D eigenvalue weighted by atomic mass is 9.97. The molecule has 0 aliphatic carbocycles. The van der Waals surface area contributed by atoms with Crippen LogP contribution in [0.15, 0.2) is 0 Å². The second kappa shape index (κ2) is 13.2. The highest BCUT2D eigenvalue weighted by molar-refractivity contribution is 5.93. The maximum Gasteiger partial charge on any atom is 0.305 e. The molecular formula is C17H32N2O4. The minimum Gasteiger partial charge on any atom is -0.481 e. The van der Waals surface area contributed by atoms with E-state index in [2.05, 4.69) is 6.92 Å². The van der Waals surface area contributed by atoms with Gasteiger partial charge in [-0.05, 0) is 6.42 Å². The zero-order chi connectivity index (χ0) is 17.7. The van der Waals surface area contributed by atoms with Crippen LogP contribution in [-0.4, -0.2) is 34.7 Å². The van der Waals surface area contributed by atoms with Crippen molar-refractivity contribution >= 4 is 17.5 Å². The fourth-order valence-electron chi connectivity index (χ4n) is 2.40. The van der Waals surface area contributed by atoms with Gasteiger partial charge in [-0.15, -0.1) is 0 Å². The number of rotatable bonds is 15. The van der Waals surface area contributed by atoms with Crippen molar-refractivity contribution in [1.29, 1.82) is 0 Å². The fourth-order valence-corrected chi connectivity index (χ4v) is 2.40. The summed E-state index contributed by atoms with van der Waals surface area (Å²) in [6.07, 6.45) is 8.91. The third-order valence-corrected chi connectivity index (χ3v) is 3.92. The maximum absolute atomic E-state index is 11.9. The third kappa shape index (κ3) is 11.9. The normalized spacial score (nSPS) is 13.5. The summed E-state index contributed by atoms with van der Waals surface area (Å²) in [5, 5.41) is 8.58. The van der Waals surface area contributed by atoms with Crippen LogP contribution in [-0.2, 0) is 14.4 Å². The fraction of sp³-hybridized carbons (Fsp3) is 0.824. The molecule has 2 atom stereocenters. The standard InChI is InChI=1S/C17H32N2O4/c1-2-3-4-5-6-7-8-9-10-15(20)13(18)11-16(21)14(19)12-17(22)23/h13-14H,2-12,18-19H2,1H3,(H,22,23). The van der Waals surface area contributed by atoms with Gasteiger partial charge >= 0.3 is 5.97 Å². The largest absolute Gasteiger partial charge is 0.481 e. The van der Waals surface area contributed by atoms with Gasteiger partial charge < -0.3 is 16.6 Å². The molecule has 0 aromatic heterocycles. The van der Waals surface area contributed by atoms with E-state index in [-0.39, 0.29) is 12.2 Å². The Balaban J connectivity index is 3.77. The van der Waals surface area contributed by atoms with Crippen LogP contribution in [0.1, 0.15) is 77.6 Å². The maximum atomic E-state index is 11.9. The molecule has 0 heterocycles. The predicted molar refractivity (Wildman–Crippen MR) is 90.1 cm³/mol. The monoisotopic (exact) mass is 328 g/mol. The first kappa shape index (κ1) is 21.7. The Morgan fingerprint density at radius 1 is 0.783 bits per heavy atom. The summed E-state index contributed by atoms with van der Waals surface area (Å²) in [4.78, 5) is 34.0.